The second-order valence-electron chi connectivity index (χ2n) is 9.79. The molecular formula is C33H22F6N2O3. The molecule has 1 N–H and O–H groups in total. The third-order valence-corrected chi connectivity index (χ3v) is 6.95. The van der Waals surface area contributed by atoms with Crippen molar-refractivity contribution in [3.05, 3.63) is 135 Å². The maximum Gasteiger partial charge on any atom is 0.430 e. The Morgan fingerprint density at radius 3 is 1.98 bits per heavy atom. The molecular weight excluding hydrogens is 586 g/mol. The predicted molar refractivity (Wildman–Crippen MR) is 152 cm³/mol. The van der Waals surface area contributed by atoms with E-state index in [0.29, 0.717) is 34.5 Å². The molecule has 1 heterocycles. The Balaban J connectivity index is 1.64. The number of halogens is 6. The highest BCUT2D eigenvalue weighted by atomic mass is 19.4. The van der Waals surface area contributed by atoms with Gasteiger partial charge in [-0.2, -0.15) is 26.3 Å². The SMILES string of the molecule is COc1ccc(C#Cc2ccc3nc(Cc4ccccc4)n(-c4ccc(C(O)(C(F)(F)F)C(F)(F)F)cc4)c(=O)c3c2)cc1. The number of fused-ring (bicyclic) bond motifs is 1. The zero-order valence-corrected chi connectivity index (χ0v) is 22.9. The first-order valence-electron chi connectivity index (χ1n) is 13.0. The highest BCUT2D eigenvalue weighted by Crippen LogP contribution is 2.50. The number of hydrogen-bond donors (Lipinski definition) is 1. The van der Waals surface area contributed by atoms with E-state index in [-0.39, 0.29) is 23.3 Å². The number of aromatic nitrogens is 2. The summed E-state index contributed by atoms with van der Waals surface area (Å²) in [5.74, 6) is 6.82. The highest BCUT2D eigenvalue weighted by molar-refractivity contribution is 5.80. The Labute approximate surface area is 247 Å². The number of ether oxygens (including phenoxy) is 1. The molecule has 0 radical (unpaired) electrons. The Hall–Kier alpha value is -5.08. The van der Waals surface area contributed by atoms with Crippen LogP contribution in [0.4, 0.5) is 26.3 Å². The average Bonchev–Trinajstić information content (AvgIpc) is 3.00. The van der Waals surface area contributed by atoms with Crippen LogP contribution in [0.25, 0.3) is 16.6 Å². The standard InChI is InChI=1S/C33H22F6N2O3/c1-44-26-16-9-21(10-17-26)7-8-23-11-18-28-27(19-23)30(42)41(29(40-28)20-22-5-3-2-4-6-22)25-14-12-24(13-15-25)31(43,32(34,35)36)33(37,38)39/h2-6,9-19,43H,20H2,1H3. The summed E-state index contributed by atoms with van der Waals surface area (Å²) in [6, 6.07) is 23.6. The van der Waals surface area contributed by atoms with E-state index in [1.807, 2.05) is 0 Å². The van der Waals surface area contributed by atoms with Gasteiger partial charge in [0, 0.05) is 23.1 Å². The van der Waals surface area contributed by atoms with Gasteiger partial charge in [-0.25, -0.2) is 4.98 Å². The third-order valence-electron chi connectivity index (χ3n) is 6.95. The summed E-state index contributed by atoms with van der Waals surface area (Å²) in [4.78, 5) is 18.5. The first-order valence-corrected chi connectivity index (χ1v) is 13.0. The van der Waals surface area contributed by atoms with Gasteiger partial charge >= 0.3 is 12.4 Å². The number of alkyl halides is 6. The van der Waals surface area contributed by atoms with Gasteiger partial charge in [0.25, 0.3) is 11.2 Å². The number of methoxy groups -OCH3 is 1. The Kier molecular flexibility index (Phi) is 7.97. The molecule has 44 heavy (non-hydrogen) atoms. The topological polar surface area (TPSA) is 64.3 Å². The van der Waals surface area contributed by atoms with E-state index in [2.05, 4.69) is 16.8 Å². The van der Waals surface area contributed by atoms with E-state index >= 15 is 0 Å². The highest BCUT2D eigenvalue weighted by Gasteiger charge is 2.71. The van der Waals surface area contributed by atoms with Crippen LogP contribution in [-0.2, 0) is 12.0 Å². The minimum atomic E-state index is -6.05. The van der Waals surface area contributed by atoms with Gasteiger partial charge in [0.15, 0.2) is 0 Å². The van der Waals surface area contributed by atoms with E-state index in [1.165, 1.54) is 6.07 Å². The van der Waals surface area contributed by atoms with E-state index in [4.69, 9.17) is 4.74 Å². The Bertz CT molecular complexity index is 1910. The van der Waals surface area contributed by atoms with Crippen molar-refractivity contribution in [2.75, 3.05) is 7.11 Å². The van der Waals surface area contributed by atoms with Gasteiger partial charge in [0.1, 0.15) is 11.6 Å². The molecule has 0 aliphatic rings. The molecule has 11 heteroatoms. The van der Waals surface area contributed by atoms with Crippen LogP contribution in [0.3, 0.4) is 0 Å². The lowest BCUT2D eigenvalue weighted by Crippen LogP contribution is -2.53. The van der Waals surface area contributed by atoms with Crippen LogP contribution < -0.4 is 10.3 Å². The number of rotatable bonds is 5. The molecule has 0 amide bonds. The second kappa shape index (κ2) is 11.5. The molecule has 1 aromatic heterocycles. The van der Waals surface area contributed by atoms with Gasteiger partial charge in [-0.1, -0.05) is 54.3 Å². The van der Waals surface area contributed by atoms with Crippen molar-refractivity contribution in [3.63, 3.8) is 0 Å². The van der Waals surface area contributed by atoms with E-state index in [9.17, 15) is 36.2 Å². The van der Waals surface area contributed by atoms with Gasteiger partial charge in [-0.15, -0.1) is 0 Å². The second-order valence-corrected chi connectivity index (χ2v) is 9.79. The van der Waals surface area contributed by atoms with E-state index < -0.39 is 29.1 Å². The van der Waals surface area contributed by atoms with Gasteiger partial charge in [-0.3, -0.25) is 9.36 Å². The monoisotopic (exact) mass is 608 g/mol. The lowest BCUT2D eigenvalue weighted by atomic mass is 9.92. The van der Waals surface area contributed by atoms with Gasteiger partial charge < -0.3 is 9.84 Å². The largest absolute Gasteiger partial charge is 0.497 e. The maximum atomic E-state index is 13.9. The fourth-order valence-corrected chi connectivity index (χ4v) is 4.63. The minimum absolute atomic E-state index is 0.0412. The van der Waals surface area contributed by atoms with Crippen LogP contribution >= 0.6 is 0 Å². The molecule has 0 aliphatic carbocycles. The zero-order valence-electron chi connectivity index (χ0n) is 22.9. The van der Waals surface area contributed by atoms with E-state index in [0.717, 1.165) is 22.3 Å². The van der Waals surface area contributed by atoms with Crippen LogP contribution in [0.2, 0.25) is 0 Å². The lowest BCUT2D eigenvalue weighted by molar-refractivity contribution is -0.376. The quantitative estimate of drug-likeness (QED) is 0.178. The summed E-state index contributed by atoms with van der Waals surface area (Å²) in [5, 5.41) is 9.94. The molecule has 5 nitrogen and oxygen atoms in total. The molecule has 0 fully saturated rings. The van der Waals surface area contributed by atoms with Crippen LogP contribution in [0.5, 0.6) is 5.75 Å². The van der Waals surface area contributed by atoms with Gasteiger partial charge in [-0.05, 0) is 60.2 Å². The zero-order chi connectivity index (χ0) is 31.7. The molecule has 0 bridgehead atoms. The summed E-state index contributed by atoms with van der Waals surface area (Å²) >= 11 is 0. The number of benzene rings is 4. The Morgan fingerprint density at radius 1 is 0.795 bits per heavy atom. The van der Waals surface area contributed by atoms with Gasteiger partial charge in [0.05, 0.1) is 23.7 Å². The van der Waals surface area contributed by atoms with Crippen molar-refractivity contribution in [2.24, 2.45) is 0 Å². The molecule has 0 atom stereocenters. The predicted octanol–water partition coefficient (Wildman–Crippen LogP) is 6.70. The lowest BCUT2D eigenvalue weighted by Gasteiger charge is -2.32. The van der Waals surface area contributed by atoms with Crippen molar-refractivity contribution in [2.45, 2.75) is 24.4 Å². The number of aliphatic hydroxyl groups is 1. The molecule has 5 aromatic rings. The number of nitrogens with zero attached hydrogens (tertiary/aromatic N) is 2. The van der Waals surface area contributed by atoms with Crippen LogP contribution in [0.15, 0.2) is 102 Å². The minimum Gasteiger partial charge on any atom is -0.497 e. The molecule has 224 valence electrons. The molecule has 0 saturated heterocycles. The first kappa shape index (κ1) is 30.4. The smallest absolute Gasteiger partial charge is 0.430 e. The summed E-state index contributed by atoms with van der Waals surface area (Å²) in [6.45, 7) is 0. The summed E-state index contributed by atoms with van der Waals surface area (Å²) < 4.78 is 86.9. The fourth-order valence-electron chi connectivity index (χ4n) is 4.63. The average molecular weight is 609 g/mol. The maximum absolute atomic E-state index is 13.9. The van der Waals surface area contributed by atoms with Crippen molar-refractivity contribution in [1.29, 1.82) is 0 Å². The molecule has 0 saturated carbocycles. The molecule has 0 unspecified atom stereocenters. The molecule has 0 aliphatic heterocycles. The van der Waals surface area contributed by atoms with Crippen molar-refractivity contribution in [1.82, 2.24) is 9.55 Å². The number of hydrogen-bond acceptors (Lipinski definition) is 4. The molecule has 5 rings (SSSR count). The summed E-state index contributed by atoms with van der Waals surface area (Å²) in [5.41, 5.74) is -4.94. The van der Waals surface area contributed by atoms with Crippen molar-refractivity contribution >= 4 is 10.9 Å². The van der Waals surface area contributed by atoms with Crippen LogP contribution in [-0.4, -0.2) is 34.1 Å². The molecule has 0 spiro atoms. The Morgan fingerprint density at radius 2 is 1.39 bits per heavy atom. The third kappa shape index (κ3) is 5.76. The van der Waals surface area contributed by atoms with Crippen molar-refractivity contribution in [3.8, 4) is 23.3 Å². The van der Waals surface area contributed by atoms with Gasteiger partial charge in [0.2, 0.25) is 0 Å². The van der Waals surface area contributed by atoms with E-state index in [1.54, 1.807) is 73.8 Å². The van der Waals surface area contributed by atoms with Crippen LogP contribution in [0, 0.1) is 11.8 Å². The fraction of sp³-hybridized carbons (Fsp3) is 0.152. The summed E-state index contributed by atoms with van der Waals surface area (Å²) in [7, 11) is 1.54. The van der Waals surface area contributed by atoms with Crippen molar-refractivity contribution < 1.29 is 36.2 Å². The molecule has 4 aromatic carbocycles. The van der Waals surface area contributed by atoms with Crippen LogP contribution in [0.1, 0.15) is 28.1 Å². The summed E-state index contributed by atoms with van der Waals surface area (Å²) in [6.07, 6.45) is -12.0. The first-order chi connectivity index (χ1) is 20.8. The normalized spacial score (nSPS) is 12.1.